The zero-order valence-electron chi connectivity index (χ0n) is 10.0. The third kappa shape index (κ3) is 2.23. The van der Waals surface area contributed by atoms with Crippen LogP contribution in [0, 0.1) is 18.3 Å². The summed E-state index contributed by atoms with van der Waals surface area (Å²) in [6, 6.07) is 6.95. The largest absolute Gasteiger partial charge is 0.445 e. The lowest BCUT2D eigenvalue weighted by molar-refractivity contribution is 0.0988. The molecular weight excluding hydrogens is 230 g/mol. The Morgan fingerprint density at radius 1 is 1.44 bits per heavy atom. The first-order valence-electron chi connectivity index (χ1n) is 5.31. The van der Waals surface area contributed by atoms with E-state index in [0.717, 1.165) is 5.76 Å². The fourth-order valence-electron chi connectivity index (χ4n) is 1.51. The third-order valence-electron chi connectivity index (χ3n) is 2.48. The van der Waals surface area contributed by atoms with Gasteiger partial charge in [0.1, 0.15) is 11.8 Å². The summed E-state index contributed by atoms with van der Waals surface area (Å²) in [5.74, 6) is 0.919. The summed E-state index contributed by atoms with van der Waals surface area (Å²) in [5.41, 5.74) is 0.704. The van der Waals surface area contributed by atoms with Crippen molar-refractivity contribution in [2.75, 3.05) is 11.9 Å². The summed E-state index contributed by atoms with van der Waals surface area (Å²) >= 11 is 0. The monoisotopic (exact) mass is 241 g/mol. The van der Waals surface area contributed by atoms with Crippen LogP contribution in [0.4, 0.5) is 5.88 Å². The van der Waals surface area contributed by atoms with E-state index in [2.05, 4.69) is 4.98 Å². The summed E-state index contributed by atoms with van der Waals surface area (Å²) in [4.78, 5) is 17.4. The summed E-state index contributed by atoms with van der Waals surface area (Å²) in [6.07, 6.45) is 2.84. The second-order valence-corrected chi connectivity index (χ2v) is 3.82. The van der Waals surface area contributed by atoms with Gasteiger partial charge in [-0.1, -0.05) is 0 Å². The minimum Gasteiger partial charge on any atom is -0.445 e. The Morgan fingerprint density at radius 2 is 2.22 bits per heavy atom. The second-order valence-electron chi connectivity index (χ2n) is 3.82. The van der Waals surface area contributed by atoms with E-state index in [9.17, 15) is 4.79 Å². The number of amides is 1. The van der Waals surface area contributed by atoms with Crippen LogP contribution in [-0.2, 0) is 0 Å². The molecule has 0 fully saturated rings. The molecule has 5 nitrogen and oxygen atoms in total. The molecule has 0 unspecified atom stereocenters. The van der Waals surface area contributed by atoms with E-state index in [4.69, 9.17) is 9.68 Å². The van der Waals surface area contributed by atoms with Gasteiger partial charge in [-0.3, -0.25) is 14.7 Å². The molecule has 0 atom stereocenters. The van der Waals surface area contributed by atoms with Gasteiger partial charge in [0.05, 0.1) is 11.1 Å². The van der Waals surface area contributed by atoms with E-state index in [1.54, 1.807) is 26.1 Å². The molecule has 1 amide bonds. The Labute approximate surface area is 104 Å². The van der Waals surface area contributed by atoms with Crippen LogP contribution >= 0.6 is 0 Å². The number of nitrogens with zero attached hydrogens (tertiary/aromatic N) is 3. The molecule has 0 saturated heterocycles. The fraction of sp³-hybridized carbons (Fsp3) is 0.154. The van der Waals surface area contributed by atoms with Crippen LogP contribution in [0.5, 0.6) is 0 Å². The van der Waals surface area contributed by atoms with Gasteiger partial charge in [-0.2, -0.15) is 5.26 Å². The maximum absolute atomic E-state index is 12.1. The molecule has 0 radical (unpaired) electrons. The van der Waals surface area contributed by atoms with E-state index >= 15 is 0 Å². The van der Waals surface area contributed by atoms with Crippen LogP contribution < -0.4 is 4.90 Å². The van der Waals surface area contributed by atoms with Gasteiger partial charge in [-0.05, 0) is 19.1 Å². The molecule has 0 N–H and O–H groups in total. The molecule has 0 saturated carbocycles. The average Bonchev–Trinajstić information content (AvgIpc) is 2.83. The molecule has 2 aromatic heterocycles. The van der Waals surface area contributed by atoms with E-state index < -0.39 is 0 Å². The minimum atomic E-state index is -0.269. The van der Waals surface area contributed by atoms with Crippen LogP contribution in [0.25, 0.3) is 0 Å². The molecule has 0 aliphatic rings. The molecule has 2 aromatic rings. The predicted molar refractivity (Wildman–Crippen MR) is 65.1 cm³/mol. The van der Waals surface area contributed by atoms with E-state index in [-0.39, 0.29) is 5.91 Å². The molecule has 0 aromatic carbocycles. The molecule has 0 bridgehead atoms. The maximum atomic E-state index is 12.1. The summed E-state index contributed by atoms with van der Waals surface area (Å²) in [5, 5.41) is 8.77. The van der Waals surface area contributed by atoms with Gasteiger partial charge < -0.3 is 4.42 Å². The second kappa shape index (κ2) is 4.72. The van der Waals surface area contributed by atoms with Gasteiger partial charge in [0.25, 0.3) is 5.91 Å². The zero-order chi connectivity index (χ0) is 13.1. The quantitative estimate of drug-likeness (QED) is 0.807. The molecule has 0 aliphatic heterocycles. The Hall–Kier alpha value is -2.61. The number of pyridine rings is 1. The molecule has 90 valence electrons. The molecule has 0 spiro atoms. The summed E-state index contributed by atoms with van der Waals surface area (Å²) < 4.78 is 5.36. The number of aryl methyl sites for hydroxylation is 1. The average molecular weight is 241 g/mol. The lowest BCUT2D eigenvalue weighted by atomic mass is 10.2. The smallest absolute Gasteiger partial charge is 0.261 e. The van der Waals surface area contributed by atoms with Gasteiger partial charge >= 0.3 is 0 Å². The number of hydrogen-bond acceptors (Lipinski definition) is 4. The van der Waals surface area contributed by atoms with Crippen molar-refractivity contribution in [3.05, 3.63) is 47.5 Å². The highest BCUT2D eigenvalue weighted by molar-refractivity contribution is 6.04. The van der Waals surface area contributed by atoms with Crippen molar-refractivity contribution >= 4 is 11.8 Å². The number of furan rings is 1. The first-order valence-corrected chi connectivity index (χ1v) is 5.31. The number of anilines is 1. The molecule has 5 heteroatoms. The molecule has 18 heavy (non-hydrogen) atoms. The van der Waals surface area contributed by atoms with Crippen molar-refractivity contribution in [2.45, 2.75) is 6.92 Å². The SMILES string of the molecule is Cc1ccc(N(C)C(=O)c2cncc(C#N)c2)o1. The predicted octanol–water partition coefficient (Wildman–Crippen LogP) is 2.13. The molecule has 2 heterocycles. The molecule has 0 aliphatic carbocycles. The highest BCUT2D eigenvalue weighted by Crippen LogP contribution is 2.18. The first-order chi connectivity index (χ1) is 8.61. The van der Waals surface area contributed by atoms with Crippen molar-refractivity contribution in [1.29, 1.82) is 5.26 Å². The van der Waals surface area contributed by atoms with Crippen molar-refractivity contribution in [3.63, 3.8) is 0 Å². The number of hydrogen-bond donors (Lipinski definition) is 0. The van der Waals surface area contributed by atoms with Crippen molar-refractivity contribution in [2.24, 2.45) is 0 Å². The van der Waals surface area contributed by atoms with Crippen molar-refractivity contribution < 1.29 is 9.21 Å². The number of carbonyl (C=O) groups is 1. The van der Waals surface area contributed by atoms with Gasteiger partial charge in [0, 0.05) is 25.5 Å². The number of rotatable bonds is 2. The first kappa shape index (κ1) is 11.9. The molecular formula is C13H11N3O2. The Morgan fingerprint density at radius 3 is 2.83 bits per heavy atom. The van der Waals surface area contributed by atoms with Crippen LogP contribution in [0.2, 0.25) is 0 Å². The Bertz CT molecular complexity index is 625. The number of carbonyl (C=O) groups excluding carboxylic acids is 1. The summed E-state index contributed by atoms with van der Waals surface area (Å²) in [7, 11) is 1.61. The van der Waals surface area contributed by atoms with E-state index in [1.807, 2.05) is 6.07 Å². The van der Waals surface area contributed by atoms with E-state index in [1.165, 1.54) is 23.4 Å². The lowest BCUT2D eigenvalue weighted by Gasteiger charge is -2.13. The summed E-state index contributed by atoms with van der Waals surface area (Å²) in [6.45, 7) is 1.81. The lowest BCUT2D eigenvalue weighted by Crippen LogP contribution is -2.25. The minimum absolute atomic E-state index is 0.269. The normalized spacial score (nSPS) is 9.83. The Balaban J connectivity index is 2.28. The third-order valence-corrected chi connectivity index (χ3v) is 2.48. The zero-order valence-corrected chi connectivity index (χ0v) is 10.0. The van der Waals surface area contributed by atoms with Crippen molar-refractivity contribution in [1.82, 2.24) is 4.98 Å². The standard InChI is InChI=1S/C13H11N3O2/c1-9-3-4-12(18-9)16(2)13(17)11-5-10(6-14)7-15-8-11/h3-5,7-8H,1-2H3. The van der Waals surface area contributed by atoms with Crippen LogP contribution in [0.1, 0.15) is 21.7 Å². The van der Waals surface area contributed by atoms with Gasteiger partial charge in [-0.25, -0.2) is 0 Å². The maximum Gasteiger partial charge on any atom is 0.261 e. The number of nitriles is 1. The molecule has 2 rings (SSSR count). The topological polar surface area (TPSA) is 70.1 Å². The van der Waals surface area contributed by atoms with Gasteiger partial charge in [0.2, 0.25) is 5.88 Å². The van der Waals surface area contributed by atoms with Crippen LogP contribution in [0.15, 0.2) is 35.0 Å². The Kier molecular flexibility index (Phi) is 3.11. The van der Waals surface area contributed by atoms with Crippen molar-refractivity contribution in [3.8, 4) is 6.07 Å². The highest BCUT2D eigenvalue weighted by atomic mass is 16.4. The van der Waals surface area contributed by atoms with Crippen LogP contribution in [0.3, 0.4) is 0 Å². The van der Waals surface area contributed by atoms with E-state index in [0.29, 0.717) is 17.0 Å². The van der Waals surface area contributed by atoms with Gasteiger partial charge in [0.15, 0.2) is 0 Å². The van der Waals surface area contributed by atoms with Crippen LogP contribution in [-0.4, -0.2) is 17.9 Å². The highest BCUT2D eigenvalue weighted by Gasteiger charge is 2.16. The van der Waals surface area contributed by atoms with Gasteiger partial charge in [-0.15, -0.1) is 0 Å². The number of aromatic nitrogens is 1. The fourth-order valence-corrected chi connectivity index (χ4v) is 1.51.